The van der Waals surface area contributed by atoms with E-state index in [1.165, 1.54) is 11.1 Å². The van der Waals surface area contributed by atoms with E-state index < -0.39 is 0 Å². The van der Waals surface area contributed by atoms with Gasteiger partial charge in [0, 0.05) is 6.04 Å². The molecule has 1 aromatic rings. The fraction of sp³-hybridized carbons (Fsp3) is 0.455. The van der Waals surface area contributed by atoms with Gasteiger partial charge >= 0.3 is 0 Å². The summed E-state index contributed by atoms with van der Waals surface area (Å²) in [4.78, 5) is 0. The van der Waals surface area contributed by atoms with Crippen molar-refractivity contribution >= 4 is 0 Å². The van der Waals surface area contributed by atoms with E-state index in [1.807, 2.05) is 19.9 Å². The van der Waals surface area contributed by atoms with Gasteiger partial charge in [-0.25, -0.2) is 0 Å². The van der Waals surface area contributed by atoms with Gasteiger partial charge in [-0.3, -0.25) is 0 Å². The lowest BCUT2D eigenvalue weighted by Crippen LogP contribution is -2.17. The van der Waals surface area contributed by atoms with Crippen LogP contribution in [0, 0.1) is 6.92 Å². The predicted octanol–water partition coefficient (Wildman–Crippen LogP) is 1.89. The standard InChI is InChI=1S/C11H17NO/c1-8-6-10(7-9(2)12)4-5-11(8)13-3/h4-6,9H,7,12H2,1-3H3/t9-/m1/s1. The number of rotatable bonds is 3. The Morgan fingerprint density at radius 2 is 2.15 bits per heavy atom. The molecule has 0 heterocycles. The zero-order chi connectivity index (χ0) is 9.84. The summed E-state index contributed by atoms with van der Waals surface area (Å²) in [7, 11) is 1.69. The van der Waals surface area contributed by atoms with Gasteiger partial charge in [-0.05, 0) is 37.5 Å². The summed E-state index contributed by atoms with van der Waals surface area (Å²) in [6, 6.07) is 6.40. The van der Waals surface area contributed by atoms with Crippen molar-refractivity contribution in [2.24, 2.45) is 5.73 Å². The molecule has 2 nitrogen and oxygen atoms in total. The first-order valence-corrected chi connectivity index (χ1v) is 4.52. The van der Waals surface area contributed by atoms with E-state index in [1.54, 1.807) is 7.11 Å². The lowest BCUT2D eigenvalue weighted by Gasteiger charge is -2.08. The van der Waals surface area contributed by atoms with E-state index in [0.717, 1.165) is 12.2 Å². The topological polar surface area (TPSA) is 35.2 Å². The van der Waals surface area contributed by atoms with Gasteiger partial charge < -0.3 is 10.5 Å². The van der Waals surface area contributed by atoms with Crippen LogP contribution in [0.25, 0.3) is 0 Å². The van der Waals surface area contributed by atoms with Crippen molar-refractivity contribution in [3.05, 3.63) is 29.3 Å². The largest absolute Gasteiger partial charge is 0.496 e. The van der Waals surface area contributed by atoms with Crippen LogP contribution in [0.2, 0.25) is 0 Å². The molecule has 0 amide bonds. The van der Waals surface area contributed by atoms with Crippen molar-refractivity contribution in [1.29, 1.82) is 0 Å². The minimum absolute atomic E-state index is 0.216. The van der Waals surface area contributed by atoms with Gasteiger partial charge in [-0.2, -0.15) is 0 Å². The third-order valence-corrected chi connectivity index (χ3v) is 2.02. The molecule has 1 aromatic carbocycles. The van der Waals surface area contributed by atoms with Gasteiger partial charge in [0.1, 0.15) is 5.75 Å². The molecule has 2 N–H and O–H groups in total. The Balaban J connectivity index is 2.83. The lowest BCUT2D eigenvalue weighted by molar-refractivity contribution is 0.411. The molecule has 0 fully saturated rings. The highest BCUT2D eigenvalue weighted by atomic mass is 16.5. The maximum absolute atomic E-state index is 5.71. The first kappa shape index (κ1) is 10.1. The maximum atomic E-state index is 5.71. The summed E-state index contributed by atoms with van der Waals surface area (Å²) in [6.45, 7) is 4.06. The number of ether oxygens (including phenoxy) is 1. The number of aryl methyl sites for hydroxylation is 1. The Kier molecular flexibility index (Phi) is 3.32. The van der Waals surface area contributed by atoms with Crippen molar-refractivity contribution in [2.45, 2.75) is 26.3 Å². The second-order valence-corrected chi connectivity index (χ2v) is 3.49. The minimum atomic E-state index is 0.216. The summed E-state index contributed by atoms with van der Waals surface area (Å²) < 4.78 is 5.17. The first-order chi connectivity index (χ1) is 6.13. The molecule has 0 saturated carbocycles. The van der Waals surface area contributed by atoms with Gasteiger partial charge in [-0.15, -0.1) is 0 Å². The van der Waals surface area contributed by atoms with Gasteiger partial charge in [0.15, 0.2) is 0 Å². The average molecular weight is 179 g/mol. The van der Waals surface area contributed by atoms with Crippen molar-refractivity contribution < 1.29 is 4.74 Å². The molecular formula is C11H17NO. The number of methoxy groups -OCH3 is 1. The van der Waals surface area contributed by atoms with Crippen LogP contribution in [-0.4, -0.2) is 13.2 Å². The van der Waals surface area contributed by atoms with E-state index >= 15 is 0 Å². The van der Waals surface area contributed by atoms with Crippen molar-refractivity contribution in [1.82, 2.24) is 0 Å². The molecule has 0 aromatic heterocycles. The van der Waals surface area contributed by atoms with Crippen molar-refractivity contribution in [3.63, 3.8) is 0 Å². The normalized spacial score (nSPS) is 12.6. The Morgan fingerprint density at radius 3 is 2.62 bits per heavy atom. The molecular weight excluding hydrogens is 162 g/mol. The Labute approximate surface area is 79.7 Å². The highest BCUT2D eigenvalue weighted by Crippen LogP contribution is 2.18. The fourth-order valence-electron chi connectivity index (χ4n) is 1.44. The van der Waals surface area contributed by atoms with E-state index in [-0.39, 0.29) is 6.04 Å². The predicted molar refractivity (Wildman–Crippen MR) is 55.1 cm³/mol. The maximum Gasteiger partial charge on any atom is 0.121 e. The number of benzene rings is 1. The molecule has 1 rings (SSSR count). The average Bonchev–Trinajstić information content (AvgIpc) is 2.03. The molecule has 13 heavy (non-hydrogen) atoms. The zero-order valence-electron chi connectivity index (χ0n) is 8.50. The molecule has 0 saturated heterocycles. The number of hydrogen-bond donors (Lipinski definition) is 1. The van der Waals surface area contributed by atoms with Crippen LogP contribution < -0.4 is 10.5 Å². The van der Waals surface area contributed by atoms with Crippen LogP contribution in [0.4, 0.5) is 0 Å². The van der Waals surface area contributed by atoms with Gasteiger partial charge in [-0.1, -0.05) is 12.1 Å². The molecule has 0 spiro atoms. The molecule has 0 aliphatic rings. The summed E-state index contributed by atoms with van der Waals surface area (Å²) in [5, 5.41) is 0. The second kappa shape index (κ2) is 4.28. The number of nitrogens with two attached hydrogens (primary N) is 1. The second-order valence-electron chi connectivity index (χ2n) is 3.49. The quantitative estimate of drug-likeness (QED) is 0.769. The highest BCUT2D eigenvalue weighted by Gasteiger charge is 2.01. The molecule has 0 radical (unpaired) electrons. The van der Waals surface area contributed by atoms with Crippen LogP contribution in [0.3, 0.4) is 0 Å². The summed E-state index contributed by atoms with van der Waals surface area (Å²) in [6.07, 6.45) is 0.921. The third-order valence-electron chi connectivity index (χ3n) is 2.02. The third kappa shape index (κ3) is 2.74. The Morgan fingerprint density at radius 1 is 1.46 bits per heavy atom. The SMILES string of the molecule is COc1ccc(C[C@@H](C)N)cc1C. The van der Waals surface area contributed by atoms with Crippen LogP contribution >= 0.6 is 0 Å². The monoisotopic (exact) mass is 179 g/mol. The van der Waals surface area contributed by atoms with Gasteiger partial charge in [0.2, 0.25) is 0 Å². The summed E-state index contributed by atoms with van der Waals surface area (Å²) >= 11 is 0. The van der Waals surface area contributed by atoms with Crippen LogP contribution in [0.1, 0.15) is 18.1 Å². The van der Waals surface area contributed by atoms with Crippen LogP contribution in [0.15, 0.2) is 18.2 Å². The lowest BCUT2D eigenvalue weighted by atomic mass is 10.0. The van der Waals surface area contributed by atoms with Crippen LogP contribution in [0.5, 0.6) is 5.75 Å². The molecule has 2 heteroatoms. The van der Waals surface area contributed by atoms with Gasteiger partial charge in [0.25, 0.3) is 0 Å². The zero-order valence-corrected chi connectivity index (χ0v) is 8.50. The Hall–Kier alpha value is -1.02. The molecule has 0 bridgehead atoms. The van der Waals surface area contributed by atoms with Gasteiger partial charge in [0.05, 0.1) is 7.11 Å². The van der Waals surface area contributed by atoms with Crippen molar-refractivity contribution in [2.75, 3.05) is 7.11 Å². The van der Waals surface area contributed by atoms with E-state index in [2.05, 4.69) is 12.1 Å². The number of hydrogen-bond acceptors (Lipinski definition) is 2. The smallest absolute Gasteiger partial charge is 0.121 e. The summed E-state index contributed by atoms with van der Waals surface area (Å²) in [5.74, 6) is 0.938. The Bertz CT molecular complexity index is 281. The highest BCUT2D eigenvalue weighted by molar-refractivity contribution is 5.36. The molecule has 0 aliphatic heterocycles. The van der Waals surface area contributed by atoms with E-state index in [0.29, 0.717) is 0 Å². The molecule has 72 valence electrons. The fourth-order valence-corrected chi connectivity index (χ4v) is 1.44. The van der Waals surface area contributed by atoms with Crippen molar-refractivity contribution in [3.8, 4) is 5.75 Å². The van der Waals surface area contributed by atoms with E-state index in [9.17, 15) is 0 Å². The minimum Gasteiger partial charge on any atom is -0.496 e. The van der Waals surface area contributed by atoms with E-state index in [4.69, 9.17) is 10.5 Å². The molecule has 0 aliphatic carbocycles. The summed E-state index contributed by atoms with van der Waals surface area (Å²) in [5.41, 5.74) is 8.15. The molecule has 0 unspecified atom stereocenters. The van der Waals surface area contributed by atoms with Crippen LogP contribution in [-0.2, 0) is 6.42 Å². The molecule has 1 atom stereocenters. The first-order valence-electron chi connectivity index (χ1n) is 4.52.